The van der Waals surface area contributed by atoms with E-state index in [1.165, 1.54) is 18.4 Å². The van der Waals surface area contributed by atoms with E-state index in [2.05, 4.69) is 34.9 Å². The van der Waals surface area contributed by atoms with E-state index in [9.17, 15) is 0 Å². The molecule has 1 aliphatic carbocycles. The maximum Gasteiger partial charge on any atom is 0.145 e. The van der Waals surface area contributed by atoms with E-state index in [0.717, 1.165) is 23.2 Å². The van der Waals surface area contributed by atoms with E-state index in [-0.39, 0.29) is 5.41 Å². The number of fused-ring (bicyclic) bond motifs is 1. The van der Waals surface area contributed by atoms with Gasteiger partial charge in [0.2, 0.25) is 0 Å². The Morgan fingerprint density at radius 3 is 3.00 bits per heavy atom. The van der Waals surface area contributed by atoms with Crippen molar-refractivity contribution in [3.8, 4) is 0 Å². The molecular formula is C10H14BrNO. The highest BCUT2D eigenvalue weighted by Gasteiger charge is 2.33. The first-order valence-corrected chi connectivity index (χ1v) is 5.81. The van der Waals surface area contributed by atoms with E-state index in [0.29, 0.717) is 0 Å². The molecule has 1 aliphatic rings. The van der Waals surface area contributed by atoms with Crippen molar-refractivity contribution < 1.29 is 4.52 Å². The van der Waals surface area contributed by atoms with E-state index in [1.54, 1.807) is 0 Å². The zero-order chi connectivity index (χ0) is 9.47. The largest absolute Gasteiger partial charge is 0.360 e. The maximum absolute atomic E-state index is 5.41. The second-order valence-electron chi connectivity index (χ2n) is 4.31. The van der Waals surface area contributed by atoms with Crippen LogP contribution in [0.1, 0.15) is 43.7 Å². The molecule has 3 heteroatoms. The molecule has 0 atom stereocenters. The molecule has 0 saturated heterocycles. The number of alkyl halides is 1. The van der Waals surface area contributed by atoms with Crippen LogP contribution in [0.4, 0.5) is 0 Å². The summed E-state index contributed by atoms with van der Waals surface area (Å²) in [6.45, 7) is 4.46. The molecule has 0 bridgehead atoms. The molecule has 0 fully saturated rings. The number of rotatable bonds is 1. The molecule has 2 rings (SSSR count). The quantitative estimate of drug-likeness (QED) is 0.709. The highest BCUT2D eigenvalue weighted by Crippen LogP contribution is 2.38. The molecule has 0 aliphatic heterocycles. The van der Waals surface area contributed by atoms with Crippen LogP contribution in [0, 0.1) is 0 Å². The smallest absolute Gasteiger partial charge is 0.145 e. The third-order valence-corrected chi connectivity index (χ3v) is 3.37. The van der Waals surface area contributed by atoms with Crippen molar-refractivity contribution >= 4 is 15.9 Å². The fourth-order valence-corrected chi connectivity index (χ4v) is 2.50. The SMILES string of the molecule is CC1(C)CCCc2c(CBr)noc21. The van der Waals surface area contributed by atoms with Crippen LogP contribution in [0.2, 0.25) is 0 Å². The molecule has 1 aromatic heterocycles. The Kier molecular flexibility index (Phi) is 2.22. The topological polar surface area (TPSA) is 26.0 Å². The summed E-state index contributed by atoms with van der Waals surface area (Å²) in [5, 5.41) is 4.90. The van der Waals surface area contributed by atoms with Crippen molar-refractivity contribution in [1.82, 2.24) is 5.16 Å². The maximum atomic E-state index is 5.41. The summed E-state index contributed by atoms with van der Waals surface area (Å²) in [5.74, 6) is 1.10. The fraction of sp³-hybridized carbons (Fsp3) is 0.700. The van der Waals surface area contributed by atoms with Gasteiger partial charge in [-0.1, -0.05) is 34.9 Å². The molecule has 0 unspecified atom stereocenters. The van der Waals surface area contributed by atoms with E-state index in [4.69, 9.17) is 4.52 Å². The highest BCUT2D eigenvalue weighted by molar-refractivity contribution is 9.08. The van der Waals surface area contributed by atoms with Gasteiger partial charge in [-0.3, -0.25) is 0 Å². The first-order chi connectivity index (χ1) is 6.15. The van der Waals surface area contributed by atoms with Gasteiger partial charge in [0.1, 0.15) is 5.76 Å². The summed E-state index contributed by atoms with van der Waals surface area (Å²) in [5.41, 5.74) is 2.61. The Morgan fingerprint density at radius 1 is 1.54 bits per heavy atom. The molecule has 0 amide bonds. The number of nitrogens with zero attached hydrogens (tertiary/aromatic N) is 1. The van der Waals surface area contributed by atoms with Crippen LogP contribution >= 0.6 is 15.9 Å². The van der Waals surface area contributed by atoms with Crippen LogP contribution < -0.4 is 0 Å². The minimum atomic E-state index is 0.182. The first-order valence-electron chi connectivity index (χ1n) is 4.69. The summed E-state index contributed by atoms with van der Waals surface area (Å²) >= 11 is 3.43. The van der Waals surface area contributed by atoms with Crippen molar-refractivity contribution in [1.29, 1.82) is 0 Å². The van der Waals surface area contributed by atoms with E-state index >= 15 is 0 Å². The zero-order valence-corrected chi connectivity index (χ0v) is 9.65. The molecule has 0 aromatic carbocycles. The minimum Gasteiger partial charge on any atom is -0.360 e. The van der Waals surface area contributed by atoms with Gasteiger partial charge in [-0.25, -0.2) is 0 Å². The molecule has 72 valence electrons. The molecule has 0 radical (unpaired) electrons. The second kappa shape index (κ2) is 3.12. The summed E-state index contributed by atoms with van der Waals surface area (Å²) < 4.78 is 5.41. The molecule has 1 aromatic rings. The van der Waals surface area contributed by atoms with Crippen LogP contribution in [0.15, 0.2) is 4.52 Å². The lowest BCUT2D eigenvalue weighted by Gasteiger charge is -2.26. The molecule has 0 spiro atoms. The standard InChI is InChI=1S/C10H14BrNO/c1-10(2)5-3-4-7-8(6-11)12-13-9(7)10/h3-6H2,1-2H3. The number of halogens is 1. The first kappa shape index (κ1) is 9.25. The average molecular weight is 244 g/mol. The van der Waals surface area contributed by atoms with Crippen molar-refractivity contribution in [3.05, 3.63) is 17.0 Å². The molecule has 2 nitrogen and oxygen atoms in total. The number of aromatic nitrogens is 1. The summed E-state index contributed by atoms with van der Waals surface area (Å²) in [4.78, 5) is 0. The van der Waals surface area contributed by atoms with Crippen molar-refractivity contribution in [3.63, 3.8) is 0 Å². The average Bonchev–Trinajstić information content (AvgIpc) is 2.48. The van der Waals surface area contributed by atoms with Gasteiger partial charge < -0.3 is 4.52 Å². The Morgan fingerprint density at radius 2 is 2.31 bits per heavy atom. The predicted octanol–water partition coefficient (Wildman–Crippen LogP) is 3.18. The van der Waals surface area contributed by atoms with E-state index in [1.807, 2.05) is 0 Å². The van der Waals surface area contributed by atoms with E-state index < -0.39 is 0 Å². The van der Waals surface area contributed by atoms with Gasteiger partial charge in [-0.15, -0.1) is 0 Å². The monoisotopic (exact) mass is 243 g/mol. The second-order valence-corrected chi connectivity index (χ2v) is 4.87. The minimum absolute atomic E-state index is 0.182. The molecule has 0 saturated carbocycles. The normalized spacial score (nSPS) is 19.9. The fourth-order valence-electron chi connectivity index (χ4n) is 2.06. The lowest BCUT2D eigenvalue weighted by Crippen LogP contribution is -2.22. The van der Waals surface area contributed by atoms with Crippen molar-refractivity contribution in [2.45, 2.75) is 43.9 Å². The molecule has 1 heterocycles. The van der Waals surface area contributed by atoms with Gasteiger partial charge in [0.15, 0.2) is 0 Å². The van der Waals surface area contributed by atoms with Crippen molar-refractivity contribution in [2.75, 3.05) is 0 Å². The third-order valence-electron chi connectivity index (χ3n) is 2.84. The Balaban J connectivity index is 2.48. The molecule has 13 heavy (non-hydrogen) atoms. The summed E-state index contributed by atoms with van der Waals surface area (Å²) in [6, 6.07) is 0. The van der Waals surface area contributed by atoms with Crippen LogP contribution in [-0.4, -0.2) is 5.16 Å². The van der Waals surface area contributed by atoms with Gasteiger partial charge in [-0.2, -0.15) is 0 Å². The number of hydrogen-bond acceptors (Lipinski definition) is 2. The zero-order valence-electron chi connectivity index (χ0n) is 8.06. The molecule has 0 N–H and O–H groups in total. The van der Waals surface area contributed by atoms with Crippen LogP contribution in [-0.2, 0) is 17.2 Å². The van der Waals surface area contributed by atoms with Gasteiger partial charge in [-0.05, 0) is 19.3 Å². The highest BCUT2D eigenvalue weighted by atomic mass is 79.9. The number of hydrogen-bond donors (Lipinski definition) is 0. The van der Waals surface area contributed by atoms with Gasteiger partial charge in [0.05, 0.1) is 5.69 Å². The Hall–Kier alpha value is -0.310. The van der Waals surface area contributed by atoms with Gasteiger partial charge >= 0.3 is 0 Å². The summed E-state index contributed by atoms with van der Waals surface area (Å²) in [7, 11) is 0. The molecular weight excluding hydrogens is 230 g/mol. The predicted molar refractivity (Wildman–Crippen MR) is 55.1 cm³/mol. The Bertz CT molecular complexity index is 317. The van der Waals surface area contributed by atoms with Crippen LogP contribution in [0.25, 0.3) is 0 Å². The van der Waals surface area contributed by atoms with Gasteiger partial charge in [0.25, 0.3) is 0 Å². The summed E-state index contributed by atoms with van der Waals surface area (Å²) in [6.07, 6.45) is 3.58. The van der Waals surface area contributed by atoms with Gasteiger partial charge in [0, 0.05) is 16.3 Å². The van der Waals surface area contributed by atoms with Crippen LogP contribution in [0.3, 0.4) is 0 Å². The Labute approximate surface area is 86.8 Å². The van der Waals surface area contributed by atoms with Crippen molar-refractivity contribution in [2.24, 2.45) is 0 Å². The third kappa shape index (κ3) is 1.43. The lowest BCUT2D eigenvalue weighted by atomic mass is 9.77. The lowest BCUT2D eigenvalue weighted by molar-refractivity contribution is 0.286. The van der Waals surface area contributed by atoms with Crippen LogP contribution in [0.5, 0.6) is 0 Å².